The van der Waals surface area contributed by atoms with Crippen molar-refractivity contribution in [2.45, 2.75) is 13.3 Å². The van der Waals surface area contributed by atoms with Gasteiger partial charge in [-0.1, -0.05) is 22.0 Å². The molecular weight excluding hydrogens is 320 g/mol. The maximum Gasteiger partial charge on any atom is 0.253 e. The van der Waals surface area contributed by atoms with E-state index in [2.05, 4.69) is 20.8 Å². The van der Waals surface area contributed by atoms with Gasteiger partial charge in [0.25, 0.3) is 5.91 Å². The van der Waals surface area contributed by atoms with E-state index in [1.807, 2.05) is 30.0 Å². The molecule has 1 fully saturated rings. The Morgan fingerprint density at radius 3 is 2.80 bits per heavy atom. The number of aryl methyl sites for hydroxylation is 1. The molecule has 0 saturated carbocycles. The number of halogens is 1. The number of aliphatic hydroxyl groups is 1. The summed E-state index contributed by atoms with van der Waals surface area (Å²) in [5.74, 6) is 0.0940. The molecule has 20 heavy (non-hydrogen) atoms. The van der Waals surface area contributed by atoms with Crippen LogP contribution >= 0.6 is 15.9 Å². The van der Waals surface area contributed by atoms with Crippen LogP contribution < -0.4 is 0 Å². The van der Waals surface area contributed by atoms with Gasteiger partial charge in [0.2, 0.25) is 0 Å². The molecular formula is C15H21BrN2O2. The van der Waals surface area contributed by atoms with E-state index in [-0.39, 0.29) is 12.5 Å². The van der Waals surface area contributed by atoms with Crippen LogP contribution in [0, 0.1) is 6.92 Å². The van der Waals surface area contributed by atoms with Crippen molar-refractivity contribution >= 4 is 21.8 Å². The maximum atomic E-state index is 12.5. The molecule has 0 aliphatic carbocycles. The van der Waals surface area contributed by atoms with Gasteiger partial charge in [0.05, 0.1) is 6.61 Å². The molecule has 1 N–H and O–H groups in total. The van der Waals surface area contributed by atoms with Crippen molar-refractivity contribution in [3.05, 3.63) is 33.8 Å². The second-order valence-electron chi connectivity index (χ2n) is 5.17. The van der Waals surface area contributed by atoms with E-state index in [4.69, 9.17) is 5.11 Å². The van der Waals surface area contributed by atoms with Crippen LogP contribution in [0.1, 0.15) is 22.3 Å². The molecule has 1 saturated heterocycles. The molecule has 4 nitrogen and oxygen atoms in total. The molecule has 0 spiro atoms. The lowest BCUT2D eigenvalue weighted by atomic mass is 10.1. The van der Waals surface area contributed by atoms with Gasteiger partial charge in [-0.25, -0.2) is 0 Å². The van der Waals surface area contributed by atoms with Crippen LogP contribution in [0.3, 0.4) is 0 Å². The van der Waals surface area contributed by atoms with Gasteiger partial charge in [-0.05, 0) is 37.6 Å². The summed E-state index contributed by atoms with van der Waals surface area (Å²) in [5, 5.41) is 8.99. The molecule has 0 unspecified atom stereocenters. The van der Waals surface area contributed by atoms with Gasteiger partial charge < -0.3 is 10.0 Å². The minimum absolute atomic E-state index is 0.0940. The summed E-state index contributed by atoms with van der Waals surface area (Å²) in [6.45, 7) is 6.17. The van der Waals surface area contributed by atoms with Gasteiger partial charge in [-0.3, -0.25) is 9.69 Å². The predicted molar refractivity (Wildman–Crippen MR) is 82.9 cm³/mol. The second-order valence-corrected chi connectivity index (χ2v) is 6.03. The minimum Gasteiger partial charge on any atom is -0.395 e. The zero-order chi connectivity index (χ0) is 14.5. The molecule has 5 heteroatoms. The van der Waals surface area contributed by atoms with Gasteiger partial charge in [0.15, 0.2) is 0 Å². The Morgan fingerprint density at radius 2 is 2.10 bits per heavy atom. The summed E-state index contributed by atoms with van der Waals surface area (Å²) < 4.78 is 0.972. The summed E-state index contributed by atoms with van der Waals surface area (Å²) >= 11 is 3.48. The van der Waals surface area contributed by atoms with Crippen LogP contribution in [0.15, 0.2) is 22.7 Å². The fourth-order valence-electron chi connectivity index (χ4n) is 2.45. The summed E-state index contributed by atoms with van der Waals surface area (Å²) in [5.41, 5.74) is 1.87. The summed E-state index contributed by atoms with van der Waals surface area (Å²) in [7, 11) is 0. The average molecular weight is 341 g/mol. The van der Waals surface area contributed by atoms with Crippen molar-refractivity contribution in [3.63, 3.8) is 0 Å². The molecule has 1 aromatic rings. The number of nitrogens with zero attached hydrogens (tertiary/aromatic N) is 2. The first-order valence-corrected chi connectivity index (χ1v) is 7.80. The lowest BCUT2D eigenvalue weighted by molar-refractivity contribution is 0.0760. The Kier molecular flexibility index (Phi) is 5.57. The number of carbonyl (C=O) groups is 1. The number of rotatable bonds is 3. The molecule has 1 aliphatic heterocycles. The van der Waals surface area contributed by atoms with Crippen molar-refractivity contribution in [2.75, 3.05) is 39.3 Å². The lowest BCUT2D eigenvalue weighted by Crippen LogP contribution is -2.35. The Bertz CT molecular complexity index is 479. The van der Waals surface area contributed by atoms with Crippen molar-refractivity contribution in [2.24, 2.45) is 0 Å². The molecule has 2 rings (SSSR count). The third-order valence-corrected chi connectivity index (χ3v) is 4.57. The molecule has 110 valence electrons. The number of β-amino-alcohol motifs (C(OH)–C–C–N with tert-alkyl or cyclic N) is 1. The Labute approximate surface area is 128 Å². The number of benzene rings is 1. The average Bonchev–Trinajstić information content (AvgIpc) is 2.67. The fraction of sp³-hybridized carbons (Fsp3) is 0.533. The van der Waals surface area contributed by atoms with Crippen molar-refractivity contribution < 1.29 is 9.90 Å². The molecule has 0 aromatic heterocycles. The van der Waals surface area contributed by atoms with Crippen LogP contribution in [-0.2, 0) is 0 Å². The third kappa shape index (κ3) is 3.81. The number of hydrogen-bond donors (Lipinski definition) is 1. The van der Waals surface area contributed by atoms with E-state index in [0.29, 0.717) is 6.54 Å². The zero-order valence-corrected chi connectivity index (χ0v) is 13.4. The molecule has 0 radical (unpaired) electrons. The maximum absolute atomic E-state index is 12.5. The van der Waals surface area contributed by atoms with Gasteiger partial charge in [0, 0.05) is 36.2 Å². The van der Waals surface area contributed by atoms with Gasteiger partial charge in [0.1, 0.15) is 0 Å². The van der Waals surface area contributed by atoms with E-state index in [1.165, 1.54) is 0 Å². The normalized spacial score (nSPS) is 17.1. The van der Waals surface area contributed by atoms with Crippen LogP contribution in [0.5, 0.6) is 0 Å². The molecule has 0 atom stereocenters. The SMILES string of the molecule is Cc1ccc(C(=O)N2CCCN(CCO)CC2)cc1Br. The fourth-order valence-corrected chi connectivity index (χ4v) is 2.83. The number of carbonyl (C=O) groups excluding carboxylic acids is 1. The van der Waals surface area contributed by atoms with E-state index in [9.17, 15) is 4.79 Å². The van der Waals surface area contributed by atoms with Crippen LogP contribution in [-0.4, -0.2) is 60.1 Å². The topological polar surface area (TPSA) is 43.8 Å². The van der Waals surface area contributed by atoms with Crippen LogP contribution in [0.2, 0.25) is 0 Å². The first kappa shape index (κ1) is 15.5. The first-order valence-electron chi connectivity index (χ1n) is 7.00. The summed E-state index contributed by atoms with van der Waals surface area (Å²) in [6, 6.07) is 5.75. The summed E-state index contributed by atoms with van der Waals surface area (Å²) in [6.07, 6.45) is 0.957. The van der Waals surface area contributed by atoms with Gasteiger partial charge in [-0.15, -0.1) is 0 Å². The molecule has 1 heterocycles. The van der Waals surface area contributed by atoms with E-state index < -0.39 is 0 Å². The standard InChI is InChI=1S/C15H21BrN2O2/c1-12-3-4-13(11-14(12)16)15(20)18-6-2-5-17(7-8-18)9-10-19/h3-4,11,19H,2,5-10H2,1H3. The van der Waals surface area contributed by atoms with Crippen molar-refractivity contribution in [1.29, 1.82) is 0 Å². The van der Waals surface area contributed by atoms with E-state index in [0.717, 1.165) is 48.2 Å². The van der Waals surface area contributed by atoms with Crippen molar-refractivity contribution in [3.8, 4) is 0 Å². The minimum atomic E-state index is 0.0940. The lowest BCUT2D eigenvalue weighted by Gasteiger charge is -2.21. The Hall–Kier alpha value is -0.910. The highest BCUT2D eigenvalue weighted by Crippen LogP contribution is 2.19. The monoisotopic (exact) mass is 340 g/mol. The van der Waals surface area contributed by atoms with E-state index >= 15 is 0 Å². The molecule has 1 aromatic carbocycles. The van der Waals surface area contributed by atoms with Gasteiger partial charge >= 0.3 is 0 Å². The highest BCUT2D eigenvalue weighted by Gasteiger charge is 2.20. The largest absolute Gasteiger partial charge is 0.395 e. The third-order valence-electron chi connectivity index (χ3n) is 3.71. The first-order chi connectivity index (χ1) is 9.61. The number of amides is 1. The highest BCUT2D eigenvalue weighted by atomic mass is 79.9. The smallest absolute Gasteiger partial charge is 0.253 e. The Morgan fingerprint density at radius 1 is 1.30 bits per heavy atom. The predicted octanol–water partition coefficient (Wildman–Crippen LogP) is 1.90. The Balaban J connectivity index is 2.03. The van der Waals surface area contributed by atoms with Crippen LogP contribution in [0.4, 0.5) is 0 Å². The van der Waals surface area contributed by atoms with Crippen molar-refractivity contribution in [1.82, 2.24) is 9.80 Å². The zero-order valence-electron chi connectivity index (χ0n) is 11.8. The van der Waals surface area contributed by atoms with E-state index in [1.54, 1.807) is 0 Å². The van der Waals surface area contributed by atoms with Gasteiger partial charge in [-0.2, -0.15) is 0 Å². The quantitative estimate of drug-likeness (QED) is 0.913. The molecule has 0 bridgehead atoms. The number of hydrogen-bond acceptors (Lipinski definition) is 3. The molecule has 1 amide bonds. The van der Waals surface area contributed by atoms with Crippen LogP contribution in [0.25, 0.3) is 0 Å². The molecule has 1 aliphatic rings. The summed E-state index contributed by atoms with van der Waals surface area (Å²) in [4.78, 5) is 16.6. The number of aliphatic hydroxyl groups excluding tert-OH is 1. The highest BCUT2D eigenvalue weighted by molar-refractivity contribution is 9.10. The second kappa shape index (κ2) is 7.20.